The van der Waals surface area contributed by atoms with Crippen LogP contribution in [0.2, 0.25) is 5.02 Å². The minimum absolute atomic E-state index is 0.0252. The molecule has 1 atom stereocenters. The van der Waals surface area contributed by atoms with Crippen molar-refractivity contribution in [1.82, 2.24) is 14.5 Å². The van der Waals surface area contributed by atoms with Gasteiger partial charge in [-0.3, -0.25) is 14.3 Å². The summed E-state index contributed by atoms with van der Waals surface area (Å²) >= 11 is 6.36. The van der Waals surface area contributed by atoms with E-state index in [-0.39, 0.29) is 29.0 Å². The van der Waals surface area contributed by atoms with Gasteiger partial charge in [0.05, 0.1) is 29.3 Å². The van der Waals surface area contributed by atoms with E-state index in [1.165, 1.54) is 47.0 Å². The largest absolute Gasteiger partial charge is 0.490 e. The lowest BCUT2D eigenvalue weighted by Gasteiger charge is -2.41. The van der Waals surface area contributed by atoms with Gasteiger partial charge in [0.1, 0.15) is 12.3 Å². The summed E-state index contributed by atoms with van der Waals surface area (Å²) in [5, 5.41) is 13.7. The Morgan fingerprint density at radius 1 is 1.12 bits per heavy atom. The highest BCUT2D eigenvalue weighted by atomic mass is 35.5. The predicted octanol–water partition coefficient (Wildman–Crippen LogP) is 4.33. The fraction of sp³-hybridized carbons (Fsp3) is 0.452. The van der Waals surface area contributed by atoms with E-state index in [2.05, 4.69) is 26.9 Å². The number of aromatic nitrogens is 2. The molecule has 10 nitrogen and oxygen atoms in total. The predicted molar refractivity (Wildman–Crippen MR) is 161 cm³/mol. The van der Waals surface area contributed by atoms with Crippen LogP contribution in [-0.4, -0.2) is 54.9 Å². The Morgan fingerprint density at radius 3 is 2.72 bits per heavy atom. The third kappa shape index (κ3) is 6.38. The van der Waals surface area contributed by atoms with Crippen molar-refractivity contribution in [3.63, 3.8) is 0 Å². The fourth-order valence-corrected chi connectivity index (χ4v) is 8.10. The summed E-state index contributed by atoms with van der Waals surface area (Å²) < 4.78 is 36.6. The van der Waals surface area contributed by atoms with Crippen LogP contribution in [0.15, 0.2) is 53.6 Å². The summed E-state index contributed by atoms with van der Waals surface area (Å²) in [6, 6.07) is 12.4. The molecule has 2 heterocycles. The molecule has 1 aliphatic heterocycles. The summed E-state index contributed by atoms with van der Waals surface area (Å²) in [6.07, 6.45) is 8.75. The number of nitrogens with one attached hydrogen (secondary N) is 1. The number of hydrogen-bond acceptors (Lipinski definition) is 7. The van der Waals surface area contributed by atoms with Crippen molar-refractivity contribution >= 4 is 39.2 Å². The van der Waals surface area contributed by atoms with Crippen molar-refractivity contribution in [3.8, 4) is 5.75 Å². The second kappa shape index (κ2) is 11.8. The molecule has 12 heteroatoms. The number of carbonyl (C=O) groups is 2. The first kappa shape index (κ1) is 29.5. The number of carboxylic acids is 1. The van der Waals surface area contributed by atoms with Crippen LogP contribution in [0.5, 0.6) is 5.75 Å². The molecule has 0 unspecified atom stereocenters. The Balaban J connectivity index is 1.27. The molecule has 3 aliphatic rings. The molecule has 0 bridgehead atoms. The van der Waals surface area contributed by atoms with Gasteiger partial charge in [-0.1, -0.05) is 30.5 Å². The van der Waals surface area contributed by atoms with Gasteiger partial charge in [0.15, 0.2) is 0 Å². The molecule has 1 aromatic heterocycles. The maximum Gasteiger partial charge on any atom is 0.325 e. The first-order valence-corrected chi connectivity index (χ1v) is 16.6. The van der Waals surface area contributed by atoms with E-state index < -0.39 is 21.9 Å². The minimum atomic E-state index is -4.20. The summed E-state index contributed by atoms with van der Waals surface area (Å²) in [5.74, 6) is -0.688. The monoisotopic (exact) mass is 626 g/mol. The number of halogens is 1. The summed E-state index contributed by atoms with van der Waals surface area (Å²) in [4.78, 5) is 25.9. The highest BCUT2D eigenvalue weighted by molar-refractivity contribution is 7.90. The first-order chi connectivity index (χ1) is 20.6. The van der Waals surface area contributed by atoms with Crippen LogP contribution in [-0.2, 0) is 44.4 Å². The highest BCUT2D eigenvalue weighted by Crippen LogP contribution is 2.45. The number of ether oxygens (including phenoxy) is 1. The number of amides is 1. The van der Waals surface area contributed by atoms with E-state index in [0.717, 1.165) is 43.7 Å². The minimum Gasteiger partial charge on any atom is -0.490 e. The number of hydrogen-bond donors (Lipinski definition) is 2. The van der Waals surface area contributed by atoms with Crippen LogP contribution in [0.4, 0.5) is 5.69 Å². The van der Waals surface area contributed by atoms with Gasteiger partial charge in [0.25, 0.3) is 10.0 Å². The van der Waals surface area contributed by atoms with Gasteiger partial charge in [0, 0.05) is 29.7 Å². The Kier molecular flexibility index (Phi) is 8.12. The second-order valence-electron chi connectivity index (χ2n) is 12.0. The quantitative estimate of drug-likeness (QED) is 0.378. The van der Waals surface area contributed by atoms with E-state index in [0.29, 0.717) is 30.5 Å². The lowest BCUT2D eigenvalue weighted by atomic mass is 9.70. The van der Waals surface area contributed by atoms with Gasteiger partial charge < -0.3 is 14.7 Å². The number of benzene rings is 2. The maximum absolute atomic E-state index is 13.4. The Morgan fingerprint density at radius 2 is 1.93 bits per heavy atom. The number of carbonyl (C=O) groups excluding carboxylic acids is 1. The molecule has 1 saturated carbocycles. The van der Waals surface area contributed by atoms with E-state index in [4.69, 9.17) is 21.4 Å². The number of rotatable bonds is 8. The van der Waals surface area contributed by atoms with Crippen LogP contribution in [0, 0.1) is 5.92 Å². The van der Waals surface area contributed by atoms with Crippen molar-refractivity contribution in [2.24, 2.45) is 5.92 Å². The lowest BCUT2D eigenvalue weighted by Crippen LogP contribution is -2.46. The van der Waals surface area contributed by atoms with Crippen LogP contribution >= 0.6 is 11.6 Å². The molecule has 1 amide bonds. The molecule has 1 fully saturated rings. The molecular formula is C31H35ClN4O6S. The Bertz CT molecular complexity index is 1650. The number of carboxylic acid groups (broad SMARTS) is 1. The second-order valence-corrected chi connectivity index (χ2v) is 14.1. The number of nitrogens with zero attached hydrogens (tertiary/aromatic N) is 3. The van der Waals surface area contributed by atoms with E-state index in [9.17, 15) is 18.0 Å². The molecule has 6 rings (SSSR count). The van der Waals surface area contributed by atoms with Gasteiger partial charge in [0.2, 0.25) is 5.91 Å². The standard InChI is InChI=1S/C31H35ClN4O6S/c32-23-7-9-26-22(14-23)6-3-12-31(26)19-35(17-21-4-1-2-5-21)27-16-25(8-10-28(27)42-20-31)43(40,41)34-29(37)15-24-11-13-36(33-24)18-30(38)39/h7-11,13-14,16,21H,1-6,12,15,17-20H2,(H,34,37)(H,38,39)/t31-/m0/s1. The molecule has 0 saturated heterocycles. The van der Waals surface area contributed by atoms with Crippen molar-refractivity contribution < 1.29 is 27.9 Å². The van der Waals surface area contributed by atoms with Crippen LogP contribution < -0.4 is 14.4 Å². The Hall–Kier alpha value is -3.57. The van der Waals surface area contributed by atoms with Crippen molar-refractivity contribution in [1.29, 1.82) is 0 Å². The van der Waals surface area contributed by atoms with Gasteiger partial charge in [-0.15, -0.1) is 0 Å². The number of aliphatic carboxylic acids is 1. The van der Waals surface area contributed by atoms with Gasteiger partial charge in [-0.05, 0) is 85.5 Å². The zero-order valence-electron chi connectivity index (χ0n) is 23.8. The number of anilines is 1. The normalized spacial score (nSPS) is 20.3. The van der Waals surface area contributed by atoms with E-state index in [1.54, 1.807) is 12.1 Å². The van der Waals surface area contributed by atoms with Crippen molar-refractivity contribution in [2.75, 3.05) is 24.6 Å². The van der Waals surface area contributed by atoms with E-state index >= 15 is 0 Å². The summed E-state index contributed by atoms with van der Waals surface area (Å²) in [5.41, 5.74) is 3.22. The molecule has 0 radical (unpaired) electrons. The SMILES string of the molecule is O=C(O)Cn1ccc(CC(=O)NS(=O)(=O)c2ccc3c(c2)N(CC2CCCC2)C[C@@]2(CCCc4cc(Cl)ccc42)CO3)n1. The van der Waals surface area contributed by atoms with Crippen LogP contribution in [0.25, 0.3) is 0 Å². The molecule has 1 spiro atoms. The van der Waals surface area contributed by atoms with Crippen molar-refractivity contribution in [3.05, 3.63) is 70.5 Å². The molecule has 2 aliphatic carbocycles. The molecule has 2 N–H and O–H groups in total. The lowest BCUT2D eigenvalue weighted by molar-refractivity contribution is -0.137. The van der Waals surface area contributed by atoms with Gasteiger partial charge in [-0.25, -0.2) is 13.1 Å². The number of aryl methyl sites for hydroxylation is 1. The molecule has 2 aromatic carbocycles. The molecule has 228 valence electrons. The first-order valence-electron chi connectivity index (χ1n) is 14.7. The maximum atomic E-state index is 13.4. The topological polar surface area (TPSA) is 131 Å². The zero-order chi connectivity index (χ0) is 30.2. The molecular weight excluding hydrogens is 592 g/mol. The average Bonchev–Trinajstić information content (AvgIpc) is 3.59. The summed E-state index contributed by atoms with van der Waals surface area (Å²) in [7, 11) is -4.20. The number of sulfonamides is 1. The van der Waals surface area contributed by atoms with Gasteiger partial charge >= 0.3 is 5.97 Å². The van der Waals surface area contributed by atoms with Gasteiger partial charge in [-0.2, -0.15) is 5.10 Å². The molecule has 3 aromatic rings. The average molecular weight is 627 g/mol. The molecule has 43 heavy (non-hydrogen) atoms. The third-order valence-electron chi connectivity index (χ3n) is 8.86. The fourth-order valence-electron chi connectivity index (χ4n) is 6.90. The van der Waals surface area contributed by atoms with Crippen LogP contribution in [0.1, 0.15) is 55.3 Å². The third-order valence-corrected chi connectivity index (χ3v) is 10.5. The van der Waals surface area contributed by atoms with Crippen molar-refractivity contribution in [2.45, 2.75) is 68.2 Å². The Labute approximate surface area is 256 Å². The summed E-state index contributed by atoms with van der Waals surface area (Å²) in [6.45, 7) is 1.62. The van der Waals surface area contributed by atoms with E-state index in [1.807, 2.05) is 6.07 Å². The van der Waals surface area contributed by atoms with Crippen LogP contribution in [0.3, 0.4) is 0 Å². The smallest absolute Gasteiger partial charge is 0.325 e. The zero-order valence-corrected chi connectivity index (χ0v) is 25.4. The highest BCUT2D eigenvalue weighted by Gasteiger charge is 2.42. The number of fused-ring (bicyclic) bond motifs is 3.